The van der Waals surface area contributed by atoms with Crippen LogP contribution in [0.3, 0.4) is 0 Å². The maximum Gasteiger partial charge on any atom is 0.332 e. The van der Waals surface area contributed by atoms with Gasteiger partial charge in [-0.05, 0) is 31.9 Å². The van der Waals surface area contributed by atoms with Crippen LogP contribution in [0, 0.1) is 13.8 Å². The maximum atomic E-state index is 13.5. The molecular formula is C25H25N5O2. The lowest BCUT2D eigenvalue weighted by Gasteiger charge is -2.16. The first kappa shape index (κ1) is 20.1. The van der Waals surface area contributed by atoms with Crippen LogP contribution in [0.15, 0.2) is 70.4 Å². The summed E-state index contributed by atoms with van der Waals surface area (Å²) < 4.78 is 6.67. The van der Waals surface area contributed by atoms with Gasteiger partial charge in [0, 0.05) is 18.9 Å². The van der Waals surface area contributed by atoms with E-state index in [1.807, 2.05) is 66.9 Å². The van der Waals surface area contributed by atoms with Gasteiger partial charge in [0.1, 0.15) is 0 Å². The maximum absolute atomic E-state index is 13.5. The van der Waals surface area contributed by atoms with E-state index >= 15 is 0 Å². The lowest BCUT2D eigenvalue weighted by Crippen LogP contribution is -2.39. The van der Waals surface area contributed by atoms with Crippen molar-refractivity contribution in [3.8, 4) is 0 Å². The number of aromatic nitrogens is 5. The summed E-state index contributed by atoms with van der Waals surface area (Å²) in [7, 11) is 1.67. The minimum Gasteiger partial charge on any atom is -0.307 e. The fourth-order valence-corrected chi connectivity index (χ4v) is 4.40. The largest absolute Gasteiger partial charge is 0.332 e. The van der Waals surface area contributed by atoms with Crippen molar-refractivity contribution in [2.24, 2.45) is 7.05 Å². The summed E-state index contributed by atoms with van der Waals surface area (Å²) in [5.74, 6) is 0.647. The average Bonchev–Trinajstić information content (AvgIpc) is 3.31. The number of hydrogen-bond donors (Lipinski definition) is 0. The number of benzene rings is 2. The fraction of sp³-hybridized carbons (Fsp3) is 0.240. The van der Waals surface area contributed by atoms with Crippen molar-refractivity contribution in [3.63, 3.8) is 0 Å². The molecule has 0 unspecified atom stereocenters. The van der Waals surface area contributed by atoms with Crippen LogP contribution in [0.2, 0.25) is 0 Å². The zero-order chi connectivity index (χ0) is 22.6. The minimum absolute atomic E-state index is 0.0253. The molecule has 0 saturated heterocycles. The van der Waals surface area contributed by atoms with Gasteiger partial charge >= 0.3 is 5.69 Å². The molecule has 7 heteroatoms. The van der Waals surface area contributed by atoms with E-state index in [0.29, 0.717) is 16.9 Å². The first-order chi connectivity index (χ1) is 15.4. The van der Waals surface area contributed by atoms with Crippen molar-refractivity contribution in [1.82, 2.24) is 23.1 Å². The topological polar surface area (TPSA) is 66.2 Å². The third kappa shape index (κ3) is 3.00. The zero-order valence-electron chi connectivity index (χ0n) is 18.6. The van der Waals surface area contributed by atoms with E-state index in [1.165, 1.54) is 9.13 Å². The molecule has 3 aromatic heterocycles. The summed E-state index contributed by atoms with van der Waals surface area (Å²) in [5.41, 5.74) is 4.27. The second-order valence-electron chi connectivity index (χ2n) is 8.40. The lowest BCUT2D eigenvalue weighted by molar-refractivity contribution is 0.638. The predicted octanol–water partition coefficient (Wildman–Crippen LogP) is 3.42. The highest BCUT2D eigenvalue weighted by molar-refractivity contribution is 5.75. The van der Waals surface area contributed by atoms with Crippen LogP contribution in [-0.2, 0) is 13.6 Å². The van der Waals surface area contributed by atoms with E-state index in [1.54, 1.807) is 7.05 Å². The number of rotatable bonds is 4. The standard InChI is InChI=1S/C25H25N5O2/c1-16-10-12-19(13-11-16)15-29-23(31)21-22(27(4)25(29)32)26-24-28(21)14-17(2)30(24)18(3)20-8-6-5-7-9-20/h5-14,18H,15H2,1-4H3/t18-/m1/s1. The van der Waals surface area contributed by atoms with Gasteiger partial charge in [-0.3, -0.25) is 18.3 Å². The third-order valence-electron chi connectivity index (χ3n) is 6.20. The average molecular weight is 428 g/mol. The molecule has 162 valence electrons. The van der Waals surface area contributed by atoms with Crippen LogP contribution >= 0.6 is 0 Å². The van der Waals surface area contributed by atoms with Gasteiger partial charge in [-0.15, -0.1) is 0 Å². The second kappa shape index (κ2) is 7.37. The van der Waals surface area contributed by atoms with Crippen molar-refractivity contribution >= 4 is 16.9 Å². The van der Waals surface area contributed by atoms with Gasteiger partial charge in [0.25, 0.3) is 5.56 Å². The molecular weight excluding hydrogens is 402 g/mol. The Morgan fingerprint density at radius 1 is 0.969 bits per heavy atom. The zero-order valence-corrected chi connectivity index (χ0v) is 18.6. The minimum atomic E-state index is -0.372. The van der Waals surface area contributed by atoms with Gasteiger partial charge in [-0.1, -0.05) is 60.2 Å². The summed E-state index contributed by atoms with van der Waals surface area (Å²) in [4.78, 5) is 31.3. The van der Waals surface area contributed by atoms with E-state index in [-0.39, 0.29) is 23.8 Å². The molecule has 1 atom stereocenters. The fourth-order valence-electron chi connectivity index (χ4n) is 4.40. The summed E-state index contributed by atoms with van der Waals surface area (Å²) in [6.45, 7) is 6.34. The Labute approximate surface area is 184 Å². The van der Waals surface area contributed by atoms with E-state index in [2.05, 4.69) is 23.6 Å². The molecule has 0 bridgehead atoms. The van der Waals surface area contributed by atoms with Gasteiger partial charge in [-0.25, -0.2) is 4.79 Å². The Balaban J connectivity index is 1.74. The van der Waals surface area contributed by atoms with Crippen LogP contribution in [0.5, 0.6) is 0 Å². The van der Waals surface area contributed by atoms with Crippen molar-refractivity contribution in [2.45, 2.75) is 33.4 Å². The molecule has 0 aliphatic rings. The quantitative estimate of drug-likeness (QED) is 0.441. The van der Waals surface area contributed by atoms with Crippen molar-refractivity contribution in [3.05, 3.63) is 104 Å². The van der Waals surface area contributed by atoms with Gasteiger partial charge in [0.05, 0.1) is 12.6 Å². The molecule has 0 saturated carbocycles. The highest BCUT2D eigenvalue weighted by Gasteiger charge is 2.22. The summed E-state index contributed by atoms with van der Waals surface area (Å²) >= 11 is 0. The first-order valence-electron chi connectivity index (χ1n) is 10.7. The number of fused-ring (bicyclic) bond motifs is 3. The molecule has 32 heavy (non-hydrogen) atoms. The van der Waals surface area contributed by atoms with E-state index in [4.69, 9.17) is 4.98 Å². The second-order valence-corrected chi connectivity index (χ2v) is 8.40. The number of nitrogens with zero attached hydrogens (tertiary/aromatic N) is 5. The summed E-state index contributed by atoms with van der Waals surface area (Å²) in [5, 5.41) is 0. The van der Waals surface area contributed by atoms with Gasteiger partial charge in [0.2, 0.25) is 5.78 Å². The van der Waals surface area contributed by atoms with Crippen LogP contribution in [-0.4, -0.2) is 23.1 Å². The SMILES string of the molecule is Cc1ccc(Cn2c(=O)c3c(nc4n([C@H](C)c5ccccc5)c(C)cn34)n(C)c2=O)cc1. The van der Waals surface area contributed by atoms with E-state index < -0.39 is 0 Å². The van der Waals surface area contributed by atoms with Gasteiger partial charge < -0.3 is 4.57 Å². The van der Waals surface area contributed by atoms with Crippen LogP contribution in [0.1, 0.15) is 35.3 Å². The molecule has 0 aliphatic carbocycles. The monoisotopic (exact) mass is 427 g/mol. The molecule has 5 aromatic rings. The van der Waals surface area contributed by atoms with Crippen LogP contribution in [0.25, 0.3) is 16.9 Å². The van der Waals surface area contributed by atoms with Crippen LogP contribution in [0.4, 0.5) is 0 Å². The summed E-state index contributed by atoms with van der Waals surface area (Å²) in [6, 6.07) is 18.0. The van der Waals surface area contributed by atoms with Crippen LogP contribution < -0.4 is 11.2 Å². The molecule has 7 nitrogen and oxygen atoms in total. The third-order valence-corrected chi connectivity index (χ3v) is 6.20. The van der Waals surface area contributed by atoms with Crippen molar-refractivity contribution in [2.75, 3.05) is 0 Å². The smallest absolute Gasteiger partial charge is 0.307 e. The number of aryl methyl sites for hydroxylation is 3. The van der Waals surface area contributed by atoms with E-state index in [0.717, 1.165) is 22.4 Å². The molecule has 0 radical (unpaired) electrons. The Bertz CT molecular complexity index is 1570. The summed E-state index contributed by atoms with van der Waals surface area (Å²) in [6.07, 6.45) is 1.92. The Morgan fingerprint density at radius 2 is 1.66 bits per heavy atom. The Hall–Kier alpha value is -3.87. The Kier molecular flexibility index (Phi) is 4.62. The first-order valence-corrected chi connectivity index (χ1v) is 10.7. The van der Waals surface area contributed by atoms with Gasteiger partial charge in [-0.2, -0.15) is 4.98 Å². The molecule has 0 N–H and O–H groups in total. The number of imidazole rings is 2. The molecule has 0 amide bonds. The Morgan fingerprint density at radius 3 is 2.34 bits per heavy atom. The van der Waals surface area contributed by atoms with E-state index in [9.17, 15) is 9.59 Å². The molecule has 0 aliphatic heterocycles. The normalized spacial score (nSPS) is 12.6. The highest BCUT2D eigenvalue weighted by atomic mass is 16.2. The van der Waals surface area contributed by atoms with Crippen molar-refractivity contribution < 1.29 is 0 Å². The highest BCUT2D eigenvalue weighted by Crippen LogP contribution is 2.25. The number of hydrogen-bond acceptors (Lipinski definition) is 3. The molecule has 5 rings (SSSR count). The molecule has 3 heterocycles. The lowest BCUT2D eigenvalue weighted by atomic mass is 10.1. The van der Waals surface area contributed by atoms with Gasteiger partial charge in [0.15, 0.2) is 11.2 Å². The molecule has 0 spiro atoms. The van der Waals surface area contributed by atoms with Crippen molar-refractivity contribution in [1.29, 1.82) is 0 Å². The molecule has 2 aromatic carbocycles. The predicted molar refractivity (Wildman–Crippen MR) is 125 cm³/mol. The molecule has 0 fully saturated rings.